The molecule has 1 aromatic carbocycles. The average Bonchev–Trinajstić information content (AvgIpc) is 2.93. The van der Waals surface area contributed by atoms with Crippen LogP contribution in [0.4, 0.5) is 10.1 Å². The molecule has 0 aliphatic carbocycles. The van der Waals surface area contributed by atoms with Crippen LogP contribution in [0.15, 0.2) is 30.4 Å². The highest BCUT2D eigenvalue weighted by Crippen LogP contribution is 2.47. The number of ether oxygens (including phenoxy) is 2. The van der Waals surface area contributed by atoms with Crippen LogP contribution in [0.3, 0.4) is 0 Å². The lowest BCUT2D eigenvalue weighted by molar-refractivity contribution is -0.163. The zero-order valence-electron chi connectivity index (χ0n) is 10.7. The molecule has 0 aromatic heterocycles. The number of fused-ring (bicyclic) bond motifs is 2. The molecule has 0 bridgehead atoms. The molecule has 0 unspecified atom stereocenters. The zero-order valence-corrected chi connectivity index (χ0v) is 10.7. The van der Waals surface area contributed by atoms with E-state index in [0.717, 1.165) is 0 Å². The molecular weight excluding hydrogens is 249 g/mol. The fourth-order valence-corrected chi connectivity index (χ4v) is 2.66. The molecule has 1 amide bonds. The van der Waals surface area contributed by atoms with E-state index in [1.54, 1.807) is 18.2 Å². The number of anilines is 1. The minimum Gasteiger partial charge on any atom is -0.352 e. The maximum Gasteiger partial charge on any atom is 0.268 e. The fourth-order valence-electron chi connectivity index (χ4n) is 2.66. The Kier molecular flexibility index (Phi) is 2.69. The van der Waals surface area contributed by atoms with Crippen LogP contribution in [0, 0.1) is 5.82 Å². The average molecular weight is 263 g/mol. The quantitative estimate of drug-likeness (QED) is 0.765. The van der Waals surface area contributed by atoms with Crippen LogP contribution in [-0.2, 0) is 19.9 Å². The second kappa shape index (κ2) is 4.15. The molecule has 3 rings (SSSR count). The summed E-state index contributed by atoms with van der Waals surface area (Å²) < 4.78 is 24.2. The molecule has 4 nitrogen and oxygen atoms in total. The van der Waals surface area contributed by atoms with Gasteiger partial charge in [-0.2, -0.15) is 0 Å². The number of carbonyl (C=O) groups is 1. The number of methoxy groups -OCH3 is 1. The van der Waals surface area contributed by atoms with Gasteiger partial charge in [-0.05, 0) is 31.2 Å². The Hall–Kier alpha value is -1.72. The van der Waals surface area contributed by atoms with Gasteiger partial charge in [0.1, 0.15) is 5.82 Å². The smallest absolute Gasteiger partial charge is 0.268 e. The predicted octanol–water partition coefficient (Wildman–Crippen LogP) is 1.95. The standard InChI is InChI=1S/C14H14FNO3/c1-3-16-11-8-9(15)4-5-10(11)14(13(16)17)7-6-12(18-2)19-14/h4-8,12H,3H2,1-2H3/t12-,14-/m0/s1. The summed E-state index contributed by atoms with van der Waals surface area (Å²) in [5, 5.41) is 0. The Labute approximate surface area is 110 Å². The summed E-state index contributed by atoms with van der Waals surface area (Å²) in [7, 11) is 1.51. The first-order valence-electron chi connectivity index (χ1n) is 6.14. The van der Waals surface area contributed by atoms with E-state index in [1.807, 2.05) is 6.92 Å². The Balaban J connectivity index is 2.14. The summed E-state index contributed by atoms with van der Waals surface area (Å²) >= 11 is 0. The van der Waals surface area contributed by atoms with Crippen molar-refractivity contribution in [1.29, 1.82) is 0 Å². The summed E-state index contributed by atoms with van der Waals surface area (Å²) in [6.07, 6.45) is 2.83. The van der Waals surface area contributed by atoms with Gasteiger partial charge in [-0.1, -0.05) is 6.07 Å². The van der Waals surface area contributed by atoms with Gasteiger partial charge in [0.15, 0.2) is 11.9 Å². The van der Waals surface area contributed by atoms with Gasteiger partial charge < -0.3 is 14.4 Å². The number of carbonyl (C=O) groups excluding carboxylic acids is 1. The van der Waals surface area contributed by atoms with Gasteiger partial charge in [0.05, 0.1) is 5.69 Å². The van der Waals surface area contributed by atoms with Gasteiger partial charge in [-0.25, -0.2) is 4.39 Å². The second-order valence-electron chi connectivity index (χ2n) is 4.53. The lowest BCUT2D eigenvalue weighted by atomic mass is 9.96. The highest BCUT2D eigenvalue weighted by atomic mass is 19.1. The van der Waals surface area contributed by atoms with E-state index in [1.165, 1.54) is 24.1 Å². The van der Waals surface area contributed by atoms with Crippen molar-refractivity contribution in [3.63, 3.8) is 0 Å². The first kappa shape index (κ1) is 12.3. The van der Waals surface area contributed by atoms with Crippen molar-refractivity contribution in [3.8, 4) is 0 Å². The summed E-state index contributed by atoms with van der Waals surface area (Å²) in [5.74, 6) is -0.571. The number of halogens is 1. The largest absolute Gasteiger partial charge is 0.352 e. The molecule has 0 fully saturated rings. The topological polar surface area (TPSA) is 38.8 Å². The van der Waals surface area contributed by atoms with Crippen molar-refractivity contribution >= 4 is 11.6 Å². The number of amides is 1. The SMILES string of the molecule is CCN1C(=O)[C@]2(C=C[C@@H](OC)O2)c2ccc(F)cc21. The maximum atomic E-state index is 13.4. The first-order valence-corrected chi connectivity index (χ1v) is 6.14. The summed E-state index contributed by atoms with van der Waals surface area (Å²) in [6.45, 7) is 2.31. The molecule has 0 saturated heterocycles. The summed E-state index contributed by atoms with van der Waals surface area (Å²) in [5.41, 5.74) is 0.0603. The molecule has 2 atom stereocenters. The van der Waals surface area contributed by atoms with Crippen molar-refractivity contribution in [3.05, 3.63) is 41.7 Å². The lowest BCUT2D eigenvalue weighted by Crippen LogP contribution is -2.40. The number of hydrogen-bond donors (Lipinski definition) is 0. The summed E-state index contributed by atoms with van der Waals surface area (Å²) in [6, 6.07) is 4.30. The minimum atomic E-state index is -1.17. The third-order valence-electron chi connectivity index (χ3n) is 3.55. The van der Waals surface area contributed by atoms with Crippen LogP contribution in [0.5, 0.6) is 0 Å². The van der Waals surface area contributed by atoms with E-state index in [-0.39, 0.29) is 11.7 Å². The van der Waals surface area contributed by atoms with Crippen LogP contribution in [0.2, 0.25) is 0 Å². The van der Waals surface area contributed by atoms with Crippen molar-refractivity contribution in [2.75, 3.05) is 18.6 Å². The van der Waals surface area contributed by atoms with Gasteiger partial charge in [0.2, 0.25) is 0 Å². The van der Waals surface area contributed by atoms with E-state index in [9.17, 15) is 9.18 Å². The molecule has 1 spiro atoms. The Morgan fingerprint density at radius 1 is 1.53 bits per heavy atom. The molecule has 0 saturated carbocycles. The Morgan fingerprint density at radius 3 is 2.95 bits per heavy atom. The van der Waals surface area contributed by atoms with Crippen molar-refractivity contribution < 1.29 is 18.7 Å². The number of hydrogen-bond acceptors (Lipinski definition) is 3. The highest BCUT2D eigenvalue weighted by Gasteiger charge is 2.53. The molecule has 2 aliphatic heterocycles. The highest BCUT2D eigenvalue weighted by molar-refractivity contribution is 6.08. The molecular formula is C14H14FNO3. The molecule has 1 aromatic rings. The van der Waals surface area contributed by atoms with E-state index < -0.39 is 11.9 Å². The van der Waals surface area contributed by atoms with Crippen molar-refractivity contribution in [2.45, 2.75) is 18.8 Å². The number of nitrogens with zero attached hydrogens (tertiary/aromatic N) is 1. The van der Waals surface area contributed by atoms with Crippen LogP contribution in [0.25, 0.3) is 0 Å². The Morgan fingerprint density at radius 2 is 2.32 bits per heavy atom. The molecule has 19 heavy (non-hydrogen) atoms. The van der Waals surface area contributed by atoms with Gasteiger partial charge in [-0.15, -0.1) is 0 Å². The predicted molar refractivity (Wildman–Crippen MR) is 67.1 cm³/mol. The van der Waals surface area contributed by atoms with Crippen LogP contribution in [-0.4, -0.2) is 25.9 Å². The van der Waals surface area contributed by atoms with E-state index in [0.29, 0.717) is 17.8 Å². The van der Waals surface area contributed by atoms with Crippen LogP contribution in [0.1, 0.15) is 12.5 Å². The van der Waals surface area contributed by atoms with Crippen LogP contribution >= 0.6 is 0 Å². The van der Waals surface area contributed by atoms with Gasteiger partial charge >= 0.3 is 0 Å². The van der Waals surface area contributed by atoms with Crippen molar-refractivity contribution in [1.82, 2.24) is 0 Å². The second-order valence-corrected chi connectivity index (χ2v) is 4.53. The zero-order chi connectivity index (χ0) is 13.6. The number of benzene rings is 1. The van der Waals surface area contributed by atoms with Gasteiger partial charge in [0.25, 0.3) is 5.91 Å². The number of likely N-dealkylation sites (N-methyl/N-ethyl adjacent to an activating group) is 1. The first-order chi connectivity index (χ1) is 9.12. The molecule has 2 heterocycles. The third kappa shape index (κ3) is 1.55. The minimum absolute atomic E-state index is 0.202. The van der Waals surface area contributed by atoms with Gasteiger partial charge in [0, 0.05) is 19.2 Å². The third-order valence-corrected chi connectivity index (χ3v) is 3.55. The normalized spacial score (nSPS) is 28.5. The van der Waals surface area contributed by atoms with Crippen LogP contribution < -0.4 is 4.90 Å². The molecule has 0 radical (unpaired) electrons. The number of rotatable bonds is 2. The molecule has 2 aliphatic rings. The molecule has 100 valence electrons. The lowest BCUT2D eigenvalue weighted by Gasteiger charge is -2.23. The monoisotopic (exact) mass is 263 g/mol. The Bertz CT molecular complexity index is 572. The van der Waals surface area contributed by atoms with E-state index >= 15 is 0 Å². The van der Waals surface area contributed by atoms with E-state index in [4.69, 9.17) is 9.47 Å². The molecule has 5 heteroatoms. The fraction of sp³-hybridized carbons (Fsp3) is 0.357. The summed E-state index contributed by atoms with van der Waals surface area (Å²) in [4.78, 5) is 14.1. The van der Waals surface area contributed by atoms with E-state index in [2.05, 4.69) is 0 Å². The maximum absolute atomic E-state index is 13.4. The molecule has 0 N–H and O–H groups in total. The van der Waals surface area contributed by atoms with Gasteiger partial charge in [-0.3, -0.25) is 4.79 Å². The van der Waals surface area contributed by atoms with Crippen molar-refractivity contribution in [2.24, 2.45) is 0 Å².